The van der Waals surface area contributed by atoms with Gasteiger partial charge in [-0.2, -0.15) is 17.9 Å². The minimum atomic E-state index is -4.55. The molecule has 16 heteroatoms. The van der Waals surface area contributed by atoms with Crippen molar-refractivity contribution in [3.05, 3.63) is 83.6 Å². The largest absolute Gasteiger partial charge is 0.453 e. The number of fused-ring (bicyclic) bond motifs is 4. The van der Waals surface area contributed by atoms with Crippen molar-refractivity contribution in [3.8, 4) is 16.9 Å². The zero-order valence-corrected chi connectivity index (χ0v) is 24.4. The predicted octanol–water partition coefficient (Wildman–Crippen LogP) is 5.84. The van der Waals surface area contributed by atoms with Crippen molar-refractivity contribution >= 4 is 41.1 Å². The summed E-state index contributed by atoms with van der Waals surface area (Å²) < 4.78 is 48.1. The molecule has 5 rings (SSSR count). The number of anilines is 2. The minimum absolute atomic E-state index is 0.116. The number of hydrogen-bond donors (Lipinski definition) is 4. The van der Waals surface area contributed by atoms with E-state index in [9.17, 15) is 22.8 Å². The van der Waals surface area contributed by atoms with Gasteiger partial charge in [0.05, 0.1) is 30.7 Å². The number of ether oxygens (including phenoxy) is 1. The number of allylic oxidation sites excluding steroid dienone is 1. The number of methoxy groups -OCH3 is 1. The Morgan fingerprint density at radius 1 is 1.18 bits per heavy atom. The van der Waals surface area contributed by atoms with E-state index in [1.807, 2.05) is 0 Å². The van der Waals surface area contributed by atoms with E-state index < -0.39 is 30.3 Å². The Labute approximate surface area is 259 Å². The molecule has 234 valence electrons. The highest BCUT2D eigenvalue weighted by Crippen LogP contribution is 2.35. The fourth-order valence-electron chi connectivity index (χ4n) is 4.68. The van der Waals surface area contributed by atoms with Gasteiger partial charge < -0.3 is 20.4 Å². The second kappa shape index (κ2) is 13.6. The van der Waals surface area contributed by atoms with Gasteiger partial charge >= 0.3 is 12.3 Å². The second-order valence-corrected chi connectivity index (χ2v) is 10.4. The van der Waals surface area contributed by atoms with Crippen LogP contribution >= 0.6 is 11.6 Å². The zero-order valence-electron chi connectivity index (χ0n) is 23.7. The quantitative estimate of drug-likeness (QED) is 0.157. The monoisotopic (exact) mass is 641 g/mol. The topological polar surface area (TPSA) is 152 Å². The smallest absolute Gasteiger partial charge is 0.411 e. The average molecular weight is 642 g/mol. The van der Waals surface area contributed by atoms with Crippen LogP contribution in [0, 0.1) is 0 Å². The van der Waals surface area contributed by atoms with Crippen molar-refractivity contribution in [2.45, 2.75) is 37.5 Å². The van der Waals surface area contributed by atoms with Gasteiger partial charge in [0.1, 0.15) is 18.2 Å². The summed E-state index contributed by atoms with van der Waals surface area (Å²) in [7, 11) is 1.18. The lowest BCUT2D eigenvalue weighted by molar-refractivity contribution is -0.143. The number of aromatic amines is 1. The van der Waals surface area contributed by atoms with Gasteiger partial charge in [-0.3, -0.25) is 10.1 Å². The van der Waals surface area contributed by atoms with E-state index in [0.717, 1.165) is 0 Å². The van der Waals surface area contributed by atoms with Gasteiger partial charge in [-0.1, -0.05) is 23.8 Å². The number of nitrogens with one attached hydrogen (secondary N) is 4. The van der Waals surface area contributed by atoms with E-state index in [-0.39, 0.29) is 30.6 Å². The third-order valence-electron chi connectivity index (χ3n) is 6.87. The van der Waals surface area contributed by atoms with Crippen molar-refractivity contribution in [3.63, 3.8) is 0 Å². The van der Waals surface area contributed by atoms with Crippen molar-refractivity contribution in [2.24, 2.45) is 0 Å². The Morgan fingerprint density at radius 2 is 2.02 bits per heavy atom. The predicted molar refractivity (Wildman–Crippen MR) is 161 cm³/mol. The zero-order chi connectivity index (χ0) is 32.0. The van der Waals surface area contributed by atoms with Crippen LogP contribution in [-0.4, -0.2) is 61.5 Å². The molecular weight excluding hydrogens is 615 g/mol. The van der Waals surface area contributed by atoms with Crippen LogP contribution < -0.4 is 16.0 Å². The molecule has 0 saturated heterocycles. The number of carbonyl (C=O) groups excluding carboxylic acids is 2. The molecule has 4 N–H and O–H groups in total. The number of hydrogen-bond acceptors (Lipinski definition) is 8. The van der Waals surface area contributed by atoms with E-state index in [1.165, 1.54) is 42.5 Å². The molecule has 0 fully saturated rings. The third kappa shape index (κ3) is 7.86. The molecule has 2 atom stereocenters. The summed E-state index contributed by atoms with van der Waals surface area (Å²) in [5.74, 6) is -0.0566. The van der Waals surface area contributed by atoms with Gasteiger partial charge in [-0.15, -0.1) is 5.10 Å². The number of benzene rings is 2. The molecule has 3 heterocycles. The van der Waals surface area contributed by atoms with Gasteiger partial charge in [0.2, 0.25) is 5.91 Å². The molecule has 0 aliphatic carbocycles. The van der Waals surface area contributed by atoms with Crippen LogP contribution in [0.25, 0.3) is 23.0 Å². The molecule has 0 radical (unpaired) electrons. The highest BCUT2D eigenvalue weighted by Gasteiger charge is 2.39. The second-order valence-electron chi connectivity index (χ2n) is 9.93. The van der Waals surface area contributed by atoms with E-state index >= 15 is 0 Å². The SMILES string of the molecule is COC(=O)Nc1ccc2c(c1)NC(C(F)(F)F)CC/C=C\C[C@H](NC(=O)/C=C/c1cc(Cl)ccc1-n1cnnn1)c1ncc-2[nH]1. The number of imidazole rings is 1. The van der Waals surface area contributed by atoms with Gasteiger partial charge in [0.25, 0.3) is 0 Å². The van der Waals surface area contributed by atoms with E-state index in [0.29, 0.717) is 33.4 Å². The van der Waals surface area contributed by atoms with Crippen LogP contribution in [0.3, 0.4) is 0 Å². The van der Waals surface area contributed by atoms with Crippen LogP contribution in [0.5, 0.6) is 0 Å². The first-order valence-electron chi connectivity index (χ1n) is 13.6. The molecule has 2 bridgehead atoms. The molecule has 2 aromatic heterocycles. The third-order valence-corrected chi connectivity index (χ3v) is 7.10. The normalized spacial score (nSPS) is 17.6. The average Bonchev–Trinajstić information content (AvgIpc) is 3.71. The van der Waals surface area contributed by atoms with Gasteiger partial charge in [-0.05, 0) is 72.2 Å². The van der Waals surface area contributed by atoms with Crippen molar-refractivity contribution in [1.82, 2.24) is 35.5 Å². The fourth-order valence-corrected chi connectivity index (χ4v) is 4.86. The summed E-state index contributed by atoms with van der Waals surface area (Å²) in [6.45, 7) is 0. The summed E-state index contributed by atoms with van der Waals surface area (Å²) in [4.78, 5) is 32.4. The maximum atomic E-state index is 14.0. The molecule has 0 spiro atoms. The van der Waals surface area contributed by atoms with E-state index in [4.69, 9.17) is 11.6 Å². The standard InChI is InChI=1S/C29H27ClF3N9O3/c1-45-28(44)36-19-9-10-20-22(14-19)37-25(29(31,32)33)6-4-2-3-5-21(27-34-15-23(20)39-27)38-26(43)12-7-17-13-18(30)8-11-24(17)42-16-35-40-41-42/h2-3,7-16,21,25,37H,4-6H2,1H3,(H,34,39)(H,36,44)(H,38,43)/b3-2-,12-7+/t21-,25?/m0/s1. The maximum Gasteiger partial charge on any atom is 0.411 e. The Bertz CT molecular complexity index is 1720. The number of nitrogens with zero attached hydrogens (tertiary/aromatic N) is 5. The van der Waals surface area contributed by atoms with Crippen LogP contribution in [0.1, 0.15) is 36.7 Å². The maximum absolute atomic E-state index is 14.0. The van der Waals surface area contributed by atoms with E-state index in [1.54, 1.807) is 42.5 Å². The number of alkyl halides is 3. The summed E-state index contributed by atoms with van der Waals surface area (Å²) in [5.41, 5.74) is 2.33. The molecule has 2 amide bonds. The molecule has 2 aromatic carbocycles. The molecule has 4 aromatic rings. The Balaban J connectivity index is 1.43. The molecule has 45 heavy (non-hydrogen) atoms. The van der Waals surface area contributed by atoms with E-state index in [2.05, 4.69) is 46.2 Å². The lowest BCUT2D eigenvalue weighted by Crippen LogP contribution is -2.36. The first-order valence-corrected chi connectivity index (χ1v) is 14.0. The van der Waals surface area contributed by atoms with Gasteiger partial charge in [0, 0.05) is 33.6 Å². The number of H-pyrrole nitrogens is 1. The molecule has 1 aliphatic rings. The number of rotatable bonds is 5. The number of aromatic nitrogens is 6. The lowest BCUT2D eigenvalue weighted by Gasteiger charge is -2.24. The Morgan fingerprint density at radius 3 is 2.78 bits per heavy atom. The summed E-state index contributed by atoms with van der Waals surface area (Å²) in [6, 6.07) is 7.02. The van der Waals surface area contributed by atoms with Crippen LogP contribution in [-0.2, 0) is 9.53 Å². The summed E-state index contributed by atoms with van der Waals surface area (Å²) in [5, 5.41) is 19.6. The van der Waals surface area contributed by atoms with Crippen molar-refractivity contribution in [1.29, 1.82) is 0 Å². The number of carbonyl (C=O) groups is 2. The summed E-state index contributed by atoms with van der Waals surface area (Å²) in [6.07, 6.45) is 3.95. The first-order chi connectivity index (χ1) is 21.6. The lowest BCUT2D eigenvalue weighted by atomic mass is 10.1. The fraction of sp³-hybridized carbons (Fsp3) is 0.241. The Kier molecular flexibility index (Phi) is 9.47. The highest BCUT2D eigenvalue weighted by atomic mass is 35.5. The number of amides is 2. The van der Waals surface area contributed by atoms with Crippen molar-refractivity contribution < 1.29 is 27.5 Å². The minimum Gasteiger partial charge on any atom is -0.453 e. The first kappa shape index (κ1) is 31.3. The van der Waals surface area contributed by atoms with Crippen LogP contribution in [0.15, 0.2) is 67.2 Å². The van der Waals surface area contributed by atoms with Crippen molar-refractivity contribution in [2.75, 3.05) is 17.7 Å². The molecule has 0 saturated carbocycles. The number of halogens is 4. The van der Waals surface area contributed by atoms with Crippen LogP contribution in [0.4, 0.5) is 29.3 Å². The van der Waals surface area contributed by atoms with Gasteiger partial charge in [-0.25, -0.2) is 9.78 Å². The number of tetrazole rings is 1. The molecule has 12 nitrogen and oxygen atoms in total. The molecule has 1 aliphatic heterocycles. The van der Waals surface area contributed by atoms with Gasteiger partial charge in [0.15, 0.2) is 0 Å². The summed E-state index contributed by atoms with van der Waals surface area (Å²) >= 11 is 6.17. The molecular formula is C29H27ClF3N9O3. The van der Waals surface area contributed by atoms with Crippen LogP contribution in [0.2, 0.25) is 5.02 Å². The Hall–Kier alpha value is -5.18. The molecule has 1 unspecified atom stereocenters. The highest BCUT2D eigenvalue weighted by molar-refractivity contribution is 6.30.